The zero-order chi connectivity index (χ0) is 9.68. The van der Waals surface area contributed by atoms with Crippen molar-refractivity contribution in [2.24, 2.45) is 0 Å². The second-order valence-corrected chi connectivity index (χ2v) is 2.62. The molecule has 0 bridgehead atoms. The number of rotatable bonds is 4. The molecule has 0 aliphatic carbocycles. The van der Waals surface area contributed by atoms with Crippen LogP contribution in [0.4, 0.5) is 4.79 Å². The van der Waals surface area contributed by atoms with Gasteiger partial charge in [0.2, 0.25) is 0 Å². The average Bonchev–Trinajstić information content (AvgIpc) is 2.45. The van der Waals surface area contributed by atoms with Gasteiger partial charge in [0.1, 0.15) is 12.7 Å². The van der Waals surface area contributed by atoms with E-state index in [1.807, 2.05) is 0 Å². The summed E-state index contributed by atoms with van der Waals surface area (Å²) >= 11 is 0. The normalized spacial score (nSPS) is 21.5. The Morgan fingerprint density at radius 2 is 2.46 bits per heavy atom. The fraction of sp³-hybridized carbons (Fsp3) is 0.500. The van der Waals surface area contributed by atoms with E-state index in [2.05, 4.69) is 4.74 Å². The average molecular weight is 186 g/mol. The van der Waals surface area contributed by atoms with Crippen LogP contribution in [0.25, 0.3) is 0 Å². The summed E-state index contributed by atoms with van der Waals surface area (Å²) in [6.45, 7) is 0.264. The molecule has 0 amide bonds. The third-order valence-corrected chi connectivity index (χ3v) is 1.57. The quantitative estimate of drug-likeness (QED) is 0.522. The van der Waals surface area contributed by atoms with Crippen LogP contribution in [-0.2, 0) is 14.3 Å². The van der Waals surface area contributed by atoms with Crippen molar-refractivity contribution in [2.45, 2.75) is 18.9 Å². The summed E-state index contributed by atoms with van der Waals surface area (Å²) in [5.41, 5.74) is 0. The molecule has 1 N–H and O–H groups in total. The van der Waals surface area contributed by atoms with Gasteiger partial charge in [-0.05, 0) is 12.8 Å². The molecular formula is C8H10O5. The standard InChI is InChI=1S/C8H10O5/c9-7(10)4-2-1-3-6-5-12-8(11)13-6/h2,4,6H,1,3,5H2,(H,9,10)/b4-2+. The molecule has 0 aromatic heterocycles. The maximum atomic E-state index is 10.4. The minimum atomic E-state index is -0.973. The molecule has 13 heavy (non-hydrogen) atoms. The molecule has 5 heteroatoms. The Labute approximate surface area is 74.9 Å². The molecule has 1 heterocycles. The van der Waals surface area contributed by atoms with Crippen LogP contribution < -0.4 is 0 Å². The van der Waals surface area contributed by atoms with E-state index in [0.29, 0.717) is 12.8 Å². The molecular weight excluding hydrogens is 176 g/mol. The predicted molar refractivity (Wildman–Crippen MR) is 42.2 cm³/mol. The van der Waals surface area contributed by atoms with Crippen molar-refractivity contribution in [3.05, 3.63) is 12.2 Å². The molecule has 72 valence electrons. The number of aliphatic carboxylic acids is 1. The van der Waals surface area contributed by atoms with Crippen LogP contribution in [0.15, 0.2) is 12.2 Å². The molecule has 1 aliphatic heterocycles. The Kier molecular flexibility index (Phi) is 3.31. The van der Waals surface area contributed by atoms with Crippen LogP contribution >= 0.6 is 0 Å². The number of hydrogen-bond donors (Lipinski definition) is 1. The third-order valence-electron chi connectivity index (χ3n) is 1.57. The van der Waals surface area contributed by atoms with Crippen LogP contribution in [-0.4, -0.2) is 29.9 Å². The molecule has 5 nitrogen and oxygen atoms in total. The highest BCUT2D eigenvalue weighted by Gasteiger charge is 2.23. The van der Waals surface area contributed by atoms with Crippen LogP contribution in [0.3, 0.4) is 0 Å². The second kappa shape index (κ2) is 4.49. The van der Waals surface area contributed by atoms with Crippen molar-refractivity contribution >= 4 is 12.1 Å². The van der Waals surface area contributed by atoms with Gasteiger partial charge in [-0.2, -0.15) is 0 Å². The van der Waals surface area contributed by atoms with Crippen LogP contribution in [0, 0.1) is 0 Å². The van der Waals surface area contributed by atoms with E-state index >= 15 is 0 Å². The fourth-order valence-corrected chi connectivity index (χ4v) is 0.974. The summed E-state index contributed by atoms with van der Waals surface area (Å²) in [5, 5.41) is 8.25. The van der Waals surface area contributed by atoms with Gasteiger partial charge in [-0.3, -0.25) is 0 Å². The minimum absolute atomic E-state index is 0.231. The minimum Gasteiger partial charge on any atom is -0.478 e. The topological polar surface area (TPSA) is 72.8 Å². The SMILES string of the molecule is O=C(O)/C=C/CCC1COC(=O)O1. The van der Waals surface area contributed by atoms with Gasteiger partial charge >= 0.3 is 12.1 Å². The predicted octanol–water partition coefficient (Wildman–Crippen LogP) is 0.943. The lowest BCUT2D eigenvalue weighted by molar-refractivity contribution is -0.131. The van der Waals surface area contributed by atoms with Gasteiger partial charge in [0.05, 0.1) is 0 Å². The first kappa shape index (κ1) is 9.57. The highest BCUT2D eigenvalue weighted by atomic mass is 16.8. The highest BCUT2D eigenvalue weighted by molar-refractivity contribution is 5.79. The fourth-order valence-electron chi connectivity index (χ4n) is 0.974. The van der Waals surface area contributed by atoms with Gasteiger partial charge in [0.25, 0.3) is 0 Å². The Hall–Kier alpha value is -1.52. The first-order valence-electron chi connectivity index (χ1n) is 3.91. The van der Waals surface area contributed by atoms with Crippen LogP contribution in [0.2, 0.25) is 0 Å². The van der Waals surface area contributed by atoms with Gasteiger partial charge in [0, 0.05) is 6.08 Å². The zero-order valence-corrected chi connectivity index (χ0v) is 6.93. The van der Waals surface area contributed by atoms with E-state index in [1.165, 1.54) is 6.08 Å². The Morgan fingerprint density at radius 1 is 1.69 bits per heavy atom. The van der Waals surface area contributed by atoms with Crippen molar-refractivity contribution in [2.75, 3.05) is 6.61 Å². The molecule has 0 saturated carbocycles. The van der Waals surface area contributed by atoms with E-state index in [4.69, 9.17) is 9.84 Å². The molecule has 0 aromatic rings. The molecule has 1 fully saturated rings. The maximum absolute atomic E-state index is 10.4. The Balaban J connectivity index is 2.13. The Morgan fingerprint density at radius 3 is 3.00 bits per heavy atom. The summed E-state index contributed by atoms with van der Waals surface area (Å²) in [6.07, 6.45) is 2.87. The molecule has 0 spiro atoms. The molecule has 0 radical (unpaired) electrons. The summed E-state index contributed by atoms with van der Waals surface area (Å²) in [6, 6.07) is 0. The van der Waals surface area contributed by atoms with E-state index < -0.39 is 12.1 Å². The van der Waals surface area contributed by atoms with Gasteiger partial charge in [0.15, 0.2) is 0 Å². The summed E-state index contributed by atoms with van der Waals surface area (Å²) in [5.74, 6) is -0.973. The summed E-state index contributed by atoms with van der Waals surface area (Å²) in [4.78, 5) is 20.5. The highest BCUT2D eigenvalue weighted by Crippen LogP contribution is 2.11. The zero-order valence-electron chi connectivity index (χ0n) is 6.93. The van der Waals surface area contributed by atoms with Crippen molar-refractivity contribution in [1.29, 1.82) is 0 Å². The number of carbonyl (C=O) groups excluding carboxylic acids is 1. The van der Waals surface area contributed by atoms with E-state index in [1.54, 1.807) is 0 Å². The second-order valence-electron chi connectivity index (χ2n) is 2.62. The molecule has 1 unspecified atom stereocenters. The summed E-state index contributed by atoms with van der Waals surface area (Å²) in [7, 11) is 0. The van der Waals surface area contributed by atoms with Crippen LogP contribution in [0.1, 0.15) is 12.8 Å². The van der Waals surface area contributed by atoms with Gasteiger partial charge in [-0.25, -0.2) is 9.59 Å². The first-order chi connectivity index (χ1) is 6.18. The molecule has 1 saturated heterocycles. The van der Waals surface area contributed by atoms with Gasteiger partial charge in [-0.15, -0.1) is 0 Å². The largest absolute Gasteiger partial charge is 0.508 e. The van der Waals surface area contributed by atoms with Crippen molar-refractivity contribution < 1.29 is 24.2 Å². The number of ether oxygens (including phenoxy) is 2. The number of carboxylic acids is 1. The van der Waals surface area contributed by atoms with Gasteiger partial charge < -0.3 is 14.6 Å². The van der Waals surface area contributed by atoms with E-state index in [9.17, 15) is 9.59 Å². The van der Waals surface area contributed by atoms with E-state index in [0.717, 1.165) is 6.08 Å². The molecule has 1 atom stereocenters. The maximum Gasteiger partial charge on any atom is 0.508 e. The number of carboxylic acid groups (broad SMARTS) is 1. The summed E-state index contributed by atoms with van der Waals surface area (Å²) < 4.78 is 9.27. The van der Waals surface area contributed by atoms with Gasteiger partial charge in [-0.1, -0.05) is 6.08 Å². The van der Waals surface area contributed by atoms with Crippen molar-refractivity contribution in [3.8, 4) is 0 Å². The van der Waals surface area contributed by atoms with Crippen molar-refractivity contribution in [3.63, 3.8) is 0 Å². The molecule has 1 rings (SSSR count). The third kappa shape index (κ3) is 3.59. The lowest BCUT2D eigenvalue weighted by Gasteiger charge is -2.01. The lowest BCUT2D eigenvalue weighted by atomic mass is 10.2. The number of allylic oxidation sites excluding steroid dienone is 1. The van der Waals surface area contributed by atoms with E-state index in [-0.39, 0.29) is 12.7 Å². The Bertz CT molecular complexity index is 233. The first-order valence-corrected chi connectivity index (χ1v) is 3.91. The molecule has 1 aliphatic rings. The van der Waals surface area contributed by atoms with Crippen molar-refractivity contribution in [1.82, 2.24) is 0 Å². The molecule has 0 aromatic carbocycles. The lowest BCUT2D eigenvalue weighted by Crippen LogP contribution is -2.08. The number of cyclic esters (lactones) is 2. The monoisotopic (exact) mass is 186 g/mol. The number of carbonyl (C=O) groups is 2. The van der Waals surface area contributed by atoms with Crippen LogP contribution in [0.5, 0.6) is 0 Å². The smallest absolute Gasteiger partial charge is 0.478 e. The number of hydrogen-bond acceptors (Lipinski definition) is 4.